The lowest BCUT2D eigenvalue weighted by molar-refractivity contribution is -0.125. The Bertz CT molecular complexity index is 462. The minimum atomic E-state index is 0.0881. The van der Waals surface area contributed by atoms with Gasteiger partial charge in [-0.25, -0.2) is 0 Å². The smallest absolute Gasteiger partial charge is 0.223 e. The number of amides is 1. The van der Waals surface area contributed by atoms with Crippen molar-refractivity contribution in [1.29, 1.82) is 0 Å². The molecule has 0 aliphatic heterocycles. The molecule has 4 nitrogen and oxygen atoms in total. The van der Waals surface area contributed by atoms with Gasteiger partial charge in [-0.3, -0.25) is 4.79 Å². The highest BCUT2D eigenvalue weighted by molar-refractivity contribution is 5.79. The van der Waals surface area contributed by atoms with Gasteiger partial charge < -0.3 is 15.8 Å². The Morgan fingerprint density at radius 3 is 2.85 bits per heavy atom. The molecule has 0 heterocycles. The van der Waals surface area contributed by atoms with Gasteiger partial charge in [-0.05, 0) is 44.2 Å². The molecule has 0 aromatic heterocycles. The lowest BCUT2D eigenvalue weighted by atomic mass is 10.0. The summed E-state index contributed by atoms with van der Waals surface area (Å²) < 4.78 is 5.34. The normalized spacial score (nSPS) is 23.4. The van der Waals surface area contributed by atoms with Crippen LogP contribution in [-0.2, 0) is 11.2 Å². The molecule has 3 unspecified atom stereocenters. The number of methoxy groups -OCH3 is 1. The number of benzene rings is 1. The first-order valence-corrected chi connectivity index (χ1v) is 7.28. The third kappa shape index (κ3) is 3.73. The van der Waals surface area contributed by atoms with Crippen LogP contribution in [0.3, 0.4) is 0 Å². The Morgan fingerprint density at radius 1 is 1.45 bits per heavy atom. The van der Waals surface area contributed by atoms with Crippen molar-refractivity contribution in [3.63, 3.8) is 0 Å². The van der Waals surface area contributed by atoms with Crippen molar-refractivity contribution < 1.29 is 9.53 Å². The van der Waals surface area contributed by atoms with Crippen LogP contribution in [0.4, 0.5) is 0 Å². The van der Waals surface area contributed by atoms with E-state index in [1.165, 1.54) is 0 Å². The van der Waals surface area contributed by atoms with Gasteiger partial charge in [0.25, 0.3) is 0 Å². The van der Waals surface area contributed by atoms with E-state index in [1.807, 2.05) is 31.2 Å². The zero-order valence-corrected chi connectivity index (χ0v) is 12.3. The molecule has 2 rings (SSSR count). The summed E-state index contributed by atoms with van der Waals surface area (Å²) in [4.78, 5) is 12.1. The quantitative estimate of drug-likeness (QED) is 0.863. The fraction of sp³-hybridized carbons (Fsp3) is 0.562. The second kappa shape index (κ2) is 6.75. The Hall–Kier alpha value is -1.55. The van der Waals surface area contributed by atoms with Crippen LogP contribution in [0.5, 0.6) is 5.75 Å². The van der Waals surface area contributed by atoms with E-state index in [9.17, 15) is 4.79 Å². The highest BCUT2D eigenvalue weighted by Crippen LogP contribution is 2.24. The van der Waals surface area contributed by atoms with Crippen LogP contribution in [-0.4, -0.2) is 25.1 Å². The van der Waals surface area contributed by atoms with Crippen molar-refractivity contribution in [3.8, 4) is 5.75 Å². The predicted molar refractivity (Wildman–Crippen MR) is 79.6 cm³/mol. The van der Waals surface area contributed by atoms with Gasteiger partial charge >= 0.3 is 0 Å². The maximum atomic E-state index is 12.1. The van der Waals surface area contributed by atoms with Gasteiger partial charge in [-0.2, -0.15) is 0 Å². The number of ether oxygens (including phenoxy) is 1. The van der Waals surface area contributed by atoms with Crippen molar-refractivity contribution in [1.82, 2.24) is 5.32 Å². The number of para-hydroxylation sites is 1. The fourth-order valence-corrected chi connectivity index (χ4v) is 2.87. The first kappa shape index (κ1) is 14.9. The van der Waals surface area contributed by atoms with E-state index in [0.29, 0.717) is 0 Å². The van der Waals surface area contributed by atoms with Crippen LogP contribution in [0.25, 0.3) is 0 Å². The molecule has 4 heteroatoms. The summed E-state index contributed by atoms with van der Waals surface area (Å²) in [7, 11) is 1.67. The maximum Gasteiger partial charge on any atom is 0.223 e. The Morgan fingerprint density at radius 2 is 2.20 bits per heavy atom. The van der Waals surface area contributed by atoms with Gasteiger partial charge in [0.15, 0.2) is 0 Å². The summed E-state index contributed by atoms with van der Waals surface area (Å²) in [5.41, 5.74) is 6.98. The molecule has 1 aliphatic rings. The predicted octanol–water partition coefficient (Wildman–Crippen LogP) is 1.87. The van der Waals surface area contributed by atoms with E-state index >= 15 is 0 Å². The molecule has 1 saturated carbocycles. The minimum Gasteiger partial charge on any atom is -0.496 e. The lowest BCUT2D eigenvalue weighted by Gasteiger charge is -2.18. The summed E-state index contributed by atoms with van der Waals surface area (Å²) >= 11 is 0. The van der Waals surface area contributed by atoms with Gasteiger partial charge in [0.2, 0.25) is 5.91 Å². The highest BCUT2D eigenvalue weighted by Gasteiger charge is 2.28. The van der Waals surface area contributed by atoms with Crippen LogP contribution < -0.4 is 15.8 Å². The zero-order chi connectivity index (χ0) is 14.5. The van der Waals surface area contributed by atoms with E-state index < -0.39 is 0 Å². The third-order valence-electron chi connectivity index (χ3n) is 3.95. The molecule has 1 aromatic carbocycles. The molecule has 0 saturated heterocycles. The molecule has 20 heavy (non-hydrogen) atoms. The van der Waals surface area contributed by atoms with Crippen molar-refractivity contribution >= 4 is 5.91 Å². The largest absolute Gasteiger partial charge is 0.496 e. The average Bonchev–Trinajstić information content (AvgIpc) is 2.86. The van der Waals surface area contributed by atoms with Gasteiger partial charge in [-0.15, -0.1) is 0 Å². The average molecular weight is 276 g/mol. The summed E-state index contributed by atoms with van der Waals surface area (Å²) in [5, 5.41) is 3.09. The van der Waals surface area contributed by atoms with E-state index in [-0.39, 0.29) is 23.9 Å². The molecule has 1 aromatic rings. The SMILES string of the molecule is COc1ccccc1CC(C)NC(=O)C1CCC(N)C1. The van der Waals surface area contributed by atoms with Crippen molar-refractivity contribution in [3.05, 3.63) is 29.8 Å². The lowest BCUT2D eigenvalue weighted by Crippen LogP contribution is -2.38. The summed E-state index contributed by atoms with van der Waals surface area (Å²) in [6.07, 6.45) is 3.45. The minimum absolute atomic E-state index is 0.0881. The Labute approximate surface area is 120 Å². The number of carbonyl (C=O) groups excluding carboxylic acids is 1. The van der Waals surface area contributed by atoms with Gasteiger partial charge in [-0.1, -0.05) is 18.2 Å². The fourth-order valence-electron chi connectivity index (χ4n) is 2.87. The molecular formula is C16H24N2O2. The van der Waals surface area contributed by atoms with Crippen LogP contribution >= 0.6 is 0 Å². The molecule has 0 bridgehead atoms. The van der Waals surface area contributed by atoms with Crippen LogP contribution in [0.15, 0.2) is 24.3 Å². The monoisotopic (exact) mass is 276 g/mol. The Kier molecular flexibility index (Phi) is 5.01. The summed E-state index contributed by atoms with van der Waals surface area (Å²) in [6, 6.07) is 8.20. The molecule has 1 fully saturated rings. The maximum absolute atomic E-state index is 12.1. The van der Waals surface area contributed by atoms with Crippen molar-refractivity contribution in [2.45, 2.75) is 44.7 Å². The molecular weight excluding hydrogens is 252 g/mol. The topological polar surface area (TPSA) is 64.3 Å². The molecule has 1 amide bonds. The van der Waals surface area contributed by atoms with Gasteiger partial charge in [0.05, 0.1) is 7.11 Å². The second-order valence-corrected chi connectivity index (χ2v) is 5.70. The van der Waals surface area contributed by atoms with E-state index in [1.54, 1.807) is 7.11 Å². The summed E-state index contributed by atoms with van der Waals surface area (Å²) in [6.45, 7) is 2.03. The Balaban J connectivity index is 1.89. The number of hydrogen-bond acceptors (Lipinski definition) is 3. The molecule has 0 radical (unpaired) electrons. The zero-order valence-electron chi connectivity index (χ0n) is 12.3. The summed E-state index contributed by atoms with van der Waals surface area (Å²) in [5.74, 6) is 1.10. The van der Waals surface area contributed by atoms with Gasteiger partial charge in [0.1, 0.15) is 5.75 Å². The first-order valence-electron chi connectivity index (χ1n) is 7.28. The number of hydrogen-bond donors (Lipinski definition) is 2. The van der Waals surface area contributed by atoms with Crippen LogP contribution in [0.1, 0.15) is 31.7 Å². The van der Waals surface area contributed by atoms with E-state index in [4.69, 9.17) is 10.5 Å². The number of nitrogens with one attached hydrogen (secondary N) is 1. The number of nitrogens with two attached hydrogens (primary N) is 1. The molecule has 3 atom stereocenters. The van der Waals surface area contributed by atoms with Crippen molar-refractivity contribution in [2.24, 2.45) is 11.7 Å². The van der Waals surface area contributed by atoms with Crippen LogP contribution in [0, 0.1) is 5.92 Å². The first-order chi connectivity index (χ1) is 9.60. The van der Waals surface area contributed by atoms with Crippen molar-refractivity contribution in [2.75, 3.05) is 7.11 Å². The van der Waals surface area contributed by atoms with Gasteiger partial charge in [0, 0.05) is 18.0 Å². The molecule has 110 valence electrons. The standard InChI is InChI=1S/C16H24N2O2/c1-11(9-12-5-3-4-6-15(12)20-2)18-16(19)13-7-8-14(17)10-13/h3-6,11,13-14H,7-10,17H2,1-2H3,(H,18,19). The highest BCUT2D eigenvalue weighted by atomic mass is 16.5. The third-order valence-corrected chi connectivity index (χ3v) is 3.95. The number of rotatable bonds is 5. The van der Waals surface area contributed by atoms with E-state index in [0.717, 1.165) is 37.0 Å². The molecule has 1 aliphatic carbocycles. The van der Waals surface area contributed by atoms with Crippen LogP contribution in [0.2, 0.25) is 0 Å². The van der Waals surface area contributed by atoms with E-state index in [2.05, 4.69) is 5.32 Å². The molecule has 3 N–H and O–H groups in total. The second-order valence-electron chi connectivity index (χ2n) is 5.70. The molecule has 0 spiro atoms. The number of carbonyl (C=O) groups is 1.